The maximum absolute atomic E-state index is 12.9. The highest BCUT2D eigenvalue weighted by molar-refractivity contribution is 6.08. The van der Waals surface area contributed by atoms with Crippen molar-refractivity contribution in [1.29, 1.82) is 0 Å². The molecule has 2 aromatic rings. The van der Waals surface area contributed by atoms with Crippen molar-refractivity contribution < 1.29 is 18.0 Å². The van der Waals surface area contributed by atoms with Gasteiger partial charge < -0.3 is 0 Å². The van der Waals surface area contributed by atoms with Gasteiger partial charge in [-0.25, -0.2) is 13.2 Å². The van der Waals surface area contributed by atoms with Gasteiger partial charge in [-0.2, -0.15) is 0 Å². The summed E-state index contributed by atoms with van der Waals surface area (Å²) in [4.78, 5) is 11.8. The Hall–Kier alpha value is -2.10. The van der Waals surface area contributed by atoms with Crippen LogP contribution in [0.1, 0.15) is 15.9 Å². The highest BCUT2D eigenvalue weighted by atomic mass is 19.2. The normalized spacial score (nSPS) is 10.3. The molecule has 0 N–H and O–H groups in total. The van der Waals surface area contributed by atoms with Crippen molar-refractivity contribution in [1.82, 2.24) is 0 Å². The van der Waals surface area contributed by atoms with E-state index in [0.29, 0.717) is 0 Å². The van der Waals surface area contributed by atoms with Crippen molar-refractivity contribution in [2.75, 3.05) is 0 Å². The molecule has 0 bridgehead atoms. The molecule has 1 nitrogen and oxygen atoms in total. The predicted molar refractivity (Wildman–Crippen MR) is 56.2 cm³/mol. The van der Waals surface area contributed by atoms with Gasteiger partial charge in [0, 0.05) is 11.1 Å². The van der Waals surface area contributed by atoms with Gasteiger partial charge in [-0.05, 0) is 30.3 Å². The van der Waals surface area contributed by atoms with E-state index in [2.05, 4.69) is 0 Å². The highest BCUT2D eigenvalue weighted by Gasteiger charge is 2.12. The van der Waals surface area contributed by atoms with Crippen LogP contribution < -0.4 is 0 Å². The Bertz CT molecular complexity index is 579. The Balaban J connectivity index is 2.40. The van der Waals surface area contributed by atoms with E-state index in [4.69, 9.17) is 0 Å². The second-order valence-electron chi connectivity index (χ2n) is 3.47. The smallest absolute Gasteiger partial charge is 0.193 e. The summed E-state index contributed by atoms with van der Waals surface area (Å²) in [5, 5.41) is 0. The monoisotopic (exact) mass is 236 g/mol. The molecule has 0 aliphatic carbocycles. The fourth-order valence-electron chi connectivity index (χ4n) is 1.43. The zero-order valence-corrected chi connectivity index (χ0v) is 8.58. The predicted octanol–water partition coefficient (Wildman–Crippen LogP) is 3.33. The molecule has 0 spiro atoms. The zero-order valence-electron chi connectivity index (χ0n) is 8.58. The fraction of sp³-hybridized carbons (Fsp3) is 0. The van der Waals surface area contributed by atoms with Gasteiger partial charge in [0.1, 0.15) is 5.82 Å². The molecule has 0 aliphatic rings. The lowest BCUT2D eigenvalue weighted by molar-refractivity contribution is 0.103. The molecule has 0 aliphatic heterocycles. The molecule has 0 atom stereocenters. The van der Waals surface area contributed by atoms with E-state index in [1.165, 1.54) is 18.2 Å². The first-order valence-corrected chi connectivity index (χ1v) is 4.83. The van der Waals surface area contributed by atoms with Gasteiger partial charge in [0.15, 0.2) is 17.4 Å². The van der Waals surface area contributed by atoms with Gasteiger partial charge in [0.2, 0.25) is 0 Å². The van der Waals surface area contributed by atoms with E-state index in [1.54, 1.807) is 0 Å². The van der Waals surface area contributed by atoms with E-state index in [-0.39, 0.29) is 11.1 Å². The Kier molecular flexibility index (Phi) is 2.95. The number of carbonyl (C=O) groups excluding carboxylic acids is 1. The number of hydrogen-bond acceptors (Lipinski definition) is 1. The van der Waals surface area contributed by atoms with Crippen LogP contribution in [-0.2, 0) is 0 Å². The van der Waals surface area contributed by atoms with Crippen molar-refractivity contribution in [2.45, 2.75) is 0 Å². The lowest BCUT2D eigenvalue weighted by Gasteiger charge is -2.02. The van der Waals surface area contributed by atoms with Gasteiger partial charge in [0.05, 0.1) is 0 Å². The van der Waals surface area contributed by atoms with E-state index < -0.39 is 23.2 Å². The molecule has 2 aromatic carbocycles. The van der Waals surface area contributed by atoms with Crippen molar-refractivity contribution in [2.24, 2.45) is 0 Å². The van der Waals surface area contributed by atoms with Gasteiger partial charge in [-0.15, -0.1) is 0 Å². The van der Waals surface area contributed by atoms with Gasteiger partial charge in [-0.1, -0.05) is 12.1 Å². The highest BCUT2D eigenvalue weighted by Crippen LogP contribution is 2.14. The van der Waals surface area contributed by atoms with E-state index in [9.17, 15) is 18.0 Å². The first-order valence-electron chi connectivity index (χ1n) is 4.83. The van der Waals surface area contributed by atoms with Crippen LogP contribution in [-0.4, -0.2) is 5.78 Å². The van der Waals surface area contributed by atoms with Crippen LogP contribution in [0.15, 0.2) is 42.5 Å². The van der Waals surface area contributed by atoms with Crippen molar-refractivity contribution in [3.8, 4) is 0 Å². The third kappa shape index (κ3) is 2.36. The Labute approximate surface area is 95.5 Å². The summed E-state index contributed by atoms with van der Waals surface area (Å²) < 4.78 is 38.5. The SMILES string of the molecule is O=C(c1cccc(F)c1)c1ccc(F)c(F)c1. The molecule has 0 unspecified atom stereocenters. The van der Waals surface area contributed by atoms with E-state index in [1.807, 2.05) is 0 Å². The molecular weight excluding hydrogens is 229 g/mol. The summed E-state index contributed by atoms with van der Waals surface area (Å²) in [6.07, 6.45) is 0. The van der Waals surface area contributed by atoms with Crippen LogP contribution in [0.4, 0.5) is 13.2 Å². The molecule has 0 radical (unpaired) electrons. The average molecular weight is 236 g/mol. The number of hydrogen-bond donors (Lipinski definition) is 0. The molecule has 0 saturated carbocycles. The first kappa shape index (κ1) is 11.4. The van der Waals surface area contributed by atoms with Crippen LogP contribution in [0, 0.1) is 17.5 Å². The Morgan fingerprint density at radius 2 is 1.53 bits per heavy atom. The summed E-state index contributed by atoms with van der Waals surface area (Å²) in [7, 11) is 0. The summed E-state index contributed by atoms with van der Waals surface area (Å²) in [6, 6.07) is 7.84. The minimum absolute atomic E-state index is 0.0190. The fourth-order valence-corrected chi connectivity index (χ4v) is 1.43. The molecule has 4 heteroatoms. The number of carbonyl (C=O) groups is 1. The zero-order chi connectivity index (χ0) is 12.4. The molecule has 2 rings (SSSR count). The number of ketones is 1. The van der Waals surface area contributed by atoms with Crippen LogP contribution in [0.2, 0.25) is 0 Å². The van der Waals surface area contributed by atoms with Gasteiger partial charge >= 0.3 is 0 Å². The number of halogens is 3. The lowest BCUT2D eigenvalue weighted by atomic mass is 10.0. The molecule has 0 fully saturated rings. The Morgan fingerprint density at radius 3 is 2.18 bits per heavy atom. The van der Waals surface area contributed by atoms with Crippen molar-refractivity contribution >= 4 is 5.78 Å². The maximum Gasteiger partial charge on any atom is 0.193 e. The van der Waals surface area contributed by atoms with Crippen LogP contribution in [0.5, 0.6) is 0 Å². The summed E-state index contributed by atoms with van der Waals surface area (Å²) in [5.74, 6) is -3.24. The van der Waals surface area contributed by atoms with Crippen LogP contribution >= 0.6 is 0 Å². The summed E-state index contributed by atoms with van der Waals surface area (Å²) >= 11 is 0. The van der Waals surface area contributed by atoms with Gasteiger partial charge in [0.25, 0.3) is 0 Å². The molecule has 0 heterocycles. The van der Waals surface area contributed by atoms with E-state index in [0.717, 1.165) is 24.3 Å². The second kappa shape index (κ2) is 4.41. The molecule has 0 aromatic heterocycles. The standard InChI is InChI=1S/C13H7F3O/c14-10-3-1-2-8(6-10)13(17)9-4-5-11(15)12(16)7-9/h1-7H. The minimum Gasteiger partial charge on any atom is -0.289 e. The molecule has 86 valence electrons. The average Bonchev–Trinajstić information content (AvgIpc) is 2.32. The van der Waals surface area contributed by atoms with Gasteiger partial charge in [-0.3, -0.25) is 4.79 Å². The van der Waals surface area contributed by atoms with Crippen molar-refractivity contribution in [3.63, 3.8) is 0 Å². The topological polar surface area (TPSA) is 17.1 Å². The third-order valence-electron chi connectivity index (χ3n) is 2.27. The lowest BCUT2D eigenvalue weighted by Crippen LogP contribution is -2.02. The number of rotatable bonds is 2. The summed E-state index contributed by atoms with van der Waals surface area (Å²) in [5.41, 5.74) is 0.0745. The first-order chi connectivity index (χ1) is 8.08. The quantitative estimate of drug-likeness (QED) is 0.731. The molecule has 0 saturated heterocycles. The summed E-state index contributed by atoms with van der Waals surface area (Å²) in [6.45, 7) is 0. The molecular formula is C13H7F3O. The third-order valence-corrected chi connectivity index (χ3v) is 2.27. The second-order valence-corrected chi connectivity index (χ2v) is 3.47. The molecule has 17 heavy (non-hydrogen) atoms. The van der Waals surface area contributed by atoms with E-state index >= 15 is 0 Å². The van der Waals surface area contributed by atoms with Crippen molar-refractivity contribution in [3.05, 3.63) is 71.0 Å². The number of benzene rings is 2. The van der Waals surface area contributed by atoms with Crippen LogP contribution in [0.3, 0.4) is 0 Å². The Morgan fingerprint density at radius 1 is 0.824 bits per heavy atom. The largest absolute Gasteiger partial charge is 0.289 e. The molecule has 0 amide bonds. The van der Waals surface area contributed by atoms with Crippen LogP contribution in [0.25, 0.3) is 0 Å². The maximum atomic E-state index is 12.9. The minimum atomic E-state index is -1.10.